The molecule has 0 atom stereocenters. The Balaban J connectivity index is 0.000001000. The molecule has 0 amide bonds. The van der Waals surface area contributed by atoms with Gasteiger partial charge in [-0.1, -0.05) is 23.2 Å². The van der Waals surface area contributed by atoms with Gasteiger partial charge in [-0.2, -0.15) is 0 Å². The lowest BCUT2D eigenvalue weighted by Crippen LogP contribution is -2.07. The molecule has 0 heterocycles. The second kappa shape index (κ2) is 3.67. The second-order valence-electron chi connectivity index (χ2n) is 1.72. The Kier molecular flexibility index (Phi) is 3.45. The van der Waals surface area contributed by atoms with Gasteiger partial charge >= 0.3 is 0 Å². The number of allylic oxidation sites excluding steroid dienone is 4. The molecule has 0 saturated carbocycles. The molecule has 0 aromatic rings. The highest BCUT2D eigenvalue weighted by molar-refractivity contribution is 6.57. The van der Waals surface area contributed by atoms with Crippen molar-refractivity contribution >= 4 is 34.8 Å². The summed E-state index contributed by atoms with van der Waals surface area (Å²) in [6.45, 7) is 0. The van der Waals surface area contributed by atoms with Gasteiger partial charge < -0.3 is 5.48 Å². The van der Waals surface area contributed by atoms with E-state index in [1.54, 1.807) is 0 Å². The Morgan fingerprint density at radius 1 is 1.00 bits per heavy atom. The normalized spacial score (nSPS) is 16.9. The fraction of sp³-hybridized carbons (Fsp3) is 0. The van der Waals surface area contributed by atoms with E-state index < -0.39 is 5.78 Å². The number of halogens is 2. The third-order valence-corrected chi connectivity index (χ3v) is 1.53. The van der Waals surface area contributed by atoms with E-state index in [2.05, 4.69) is 0 Å². The molecule has 0 aromatic carbocycles. The van der Waals surface area contributed by atoms with Gasteiger partial charge in [-0.3, -0.25) is 9.59 Å². The number of carbonyl (C=O) groups is 2. The van der Waals surface area contributed by atoms with Crippen LogP contribution in [-0.2, 0) is 9.59 Å². The van der Waals surface area contributed by atoms with Crippen molar-refractivity contribution in [2.24, 2.45) is 0 Å². The number of hydrogen-bond acceptors (Lipinski definition) is 2. The zero-order valence-corrected chi connectivity index (χ0v) is 6.74. The summed E-state index contributed by atoms with van der Waals surface area (Å²) < 4.78 is 0. The van der Waals surface area contributed by atoms with Crippen LogP contribution in [0.25, 0.3) is 0 Å². The highest BCUT2D eigenvalue weighted by Crippen LogP contribution is 2.18. The van der Waals surface area contributed by atoms with Crippen LogP contribution in [0.1, 0.15) is 0 Å². The van der Waals surface area contributed by atoms with Crippen LogP contribution in [0, 0.1) is 0 Å². The van der Waals surface area contributed by atoms with Crippen molar-refractivity contribution in [2.45, 2.75) is 0 Å². The first-order valence-electron chi connectivity index (χ1n) is 2.44. The first-order valence-corrected chi connectivity index (χ1v) is 3.20. The topological polar surface area (TPSA) is 65.6 Å². The molecule has 1 aliphatic rings. The van der Waals surface area contributed by atoms with Gasteiger partial charge in [-0.05, 0) is 0 Å². The fourth-order valence-corrected chi connectivity index (χ4v) is 1.00. The summed E-state index contributed by atoms with van der Waals surface area (Å²) in [5.74, 6) is -0.850. The Bertz CT molecular complexity index is 241. The molecule has 11 heavy (non-hydrogen) atoms. The lowest BCUT2D eigenvalue weighted by Gasteiger charge is -2.00. The van der Waals surface area contributed by atoms with E-state index >= 15 is 0 Å². The number of ketones is 2. The summed E-state index contributed by atoms with van der Waals surface area (Å²) in [7, 11) is 0. The van der Waals surface area contributed by atoms with Crippen LogP contribution < -0.4 is 0 Å². The smallest absolute Gasteiger partial charge is 0.215 e. The van der Waals surface area contributed by atoms with Gasteiger partial charge in [0.25, 0.3) is 0 Å². The Labute approximate surface area is 72.6 Å². The lowest BCUT2D eigenvalue weighted by molar-refractivity contribution is -0.114. The van der Waals surface area contributed by atoms with E-state index in [9.17, 15) is 9.59 Å². The largest absolute Gasteiger partial charge is 0.412 e. The predicted octanol–water partition coefficient (Wildman–Crippen LogP) is 0.559. The van der Waals surface area contributed by atoms with Crippen LogP contribution >= 0.6 is 23.2 Å². The van der Waals surface area contributed by atoms with Crippen molar-refractivity contribution in [1.29, 1.82) is 0 Å². The Morgan fingerprint density at radius 3 is 1.73 bits per heavy atom. The first kappa shape index (κ1) is 10.4. The monoisotopic (exact) mass is 194 g/mol. The van der Waals surface area contributed by atoms with Gasteiger partial charge in [-0.25, -0.2) is 0 Å². The van der Waals surface area contributed by atoms with E-state index in [0.717, 1.165) is 12.2 Å². The summed E-state index contributed by atoms with van der Waals surface area (Å²) in [5.41, 5.74) is 0. The minimum atomic E-state index is -0.497. The highest BCUT2D eigenvalue weighted by atomic mass is 35.5. The molecular formula is C6H4Cl2O3. The van der Waals surface area contributed by atoms with Gasteiger partial charge in [0, 0.05) is 12.2 Å². The maximum Gasteiger partial charge on any atom is 0.215 e. The van der Waals surface area contributed by atoms with Crippen LogP contribution in [0.2, 0.25) is 0 Å². The van der Waals surface area contributed by atoms with Crippen LogP contribution in [0.15, 0.2) is 22.2 Å². The second-order valence-corrected chi connectivity index (χ2v) is 2.53. The lowest BCUT2D eigenvalue weighted by atomic mass is 10.2. The third kappa shape index (κ3) is 2.15. The van der Waals surface area contributed by atoms with E-state index in [0.29, 0.717) is 0 Å². The molecule has 0 aromatic heterocycles. The fourth-order valence-electron chi connectivity index (χ4n) is 0.537. The third-order valence-electron chi connectivity index (χ3n) is 0.972. The molecule has 0 fully saturated rings. The summed E-state index contributed by atoms with van der Waals surface area (Å²) in [6.07, 6.45) is 2.07. The van der Waals surface area contributed by atoms with Crippen molar-refractivity contribution in [2.75, 3.05) is 0 Å². The SMILES string of the molecule is O.O=C1C=C(Cl)C(=O)C(Cl)=C1. The molecule has 0 saturated heterocycles. The molecule has 0 bridgehead atoms. The number of Topliss-reactive ketones (excluding diaryl/α,β-unsaturated/α-hetero) is 1. The van der Waals surface area contributed by atoms with Gasteiger partial charge in [0.2, 0.25) is 5.78 Å². The van der Waals surface area contributed by atoms with Crippen LogP contribution in [-0.4, -0.2) is 17.0 Å². The van der Waals surface area contributed by atoms with Crippen molar-refractivity contribution in [3.05, 3.63) is 22.2 Å². The molecule has 3 nitrogen and oxygen atoms in total. The standard InChI is InChI=1S/C6H2Cl2O2.H2O/c7-4-1-3(9)2-5(8)6(4)10;/h1-2H;1H2. The minimum absolute atomic E-state index is 0. The van der Waals surface area contributed by atoms with Gasteiger partial charge in [0.05, 0.1) is 10.1 Å². The minimum Gasteiger partial charge on any atom is -0.412 e. The van der Waals surface area contributed by atoms with Crippen LogP contribution in [0.3, 0.4) is 0 Å². The quantitative estimate of drug-likeness (QED) is 0.530. The molecule has 2 N–H and O–H groups in total. The molecule has 1 aliphatic carbocycles. The van der Waals surface area contributed by atoms with Gasteiger partial charge in [0.1, 0.15) is 0 Å². The van der Waals surface area contributed by atoms with Crippen molar-refractivity contribution in [3.63, 3.8) is 0 Å². The summed E-state index contributed by atoms with van der Waals surface area (Å²) in [4.78, 5) is 21.3. The molecule has 0 unspecified atom stereocenters. The number of rotatable bonds is 0. The van der Waals surface area contributed by atoms with E-state index in [1.807, 2.05) is 0 Å². The van der Waals surface area contributed by atoms with E-state index in [4.69, 9.17) is 23.2 Å². The van der Waals surface area contributed by atoms with Gasteiger partial charge in [0.15, 0.2) is 5.78 Å². The summed E-state index contributed by atoms with van der Waals surface area (Å²) >= 11 is 10.6. The predicted molar refractivity (Wildman–Crippen MR) is 41.5 cm³/mol. The molecule has 5 heteroatoms. The summed E-state index contributed by atoms with van der Waals surface area (Å²) in [6, 6.07) is 0. The zero-order valence-electron chi connectivity index (χ0n) is 5.23. The van der Waals surface area contributed by atoms with Crippen molar-refractivity contribution < 1.29 is 15.1 Å². The molecule has 1 rings (SSSR count). The molecule has 0 radical (unpaired) electrons. The number of hydrogen-bond donors (Lipinski definition) is 0. The van der Waals surface area contributed by atoms with Crippen LogP contribution in [0.5, 0.6) is 0 Å². The van der Waals surface area contributed by atoms with E-state index in [1.165, 1.54) is 0 Å². The molecular weight excluding hydrogens is 191 g/mol. The van der Waals surface area contributed by atoms with Crippen molar-refractivity contribution in [1.82, 2.24) is 0 Å². The maximum absolute atomic E-state index is 10.7. The van der Waals surface area contributed by atoms with Crippen LogP contribution in [0.4, 0.5) is 0 Å². The average Bonchev–Trinajstić information content (AvgIpc) is 1.82. The Hall–Kier alpha value is -0.640. The maximum atomic E-state index is 10.7. The van der Waals surface area contributed by atoms with Crippen molar-refractivity contribution in [3.8, 4) is 0 Å². The van der Waals surface area contributed by atoms with Gasteiger partial charge in [-0.15, -0.1) is 0 Å². The highest BCUT2D eigenvalue weighted by Gasteiger charge is 2.17. The molecule has 0 spiro atoms. The Morgan fingerprint density at radius 2 is 1.36 bits per heavy atom. The summed E-state index contributed by atoms with van der Waals surface area (Å²) in [5, 5.41) is -0.255. The molecule has 0 aliphatic heterocycles. The molecule has 60 valence electrons. The zero-order chi connectivity index (χ0) is 7.72. The van der Waals surface area contributed by atoms with E-state index in [-0.39, 0.29) is 21.3 Å². The average molecular weight is 195 g/mol. The number of carbonyl (C=O) groups excluding carboxylic acids is 2. The first-order chi connectivity index (χ1) is 4.61.